The molecule has 0 fully saturated rings. The van der Waals surface area contributed by atoms with Gasteiger partial charge in [-0.25, -0.2) is 0 Å². The van der Waals surface area contributed by atoms with Gasteiger partial charge in [-0.3, -0.25) is 0 Å². The van der Waals surface area contributed by atoms with Crippen LogP contribution in [0.4, 0.5) is 0 Å². The fraction of sp³-hybridized carbons (Fsp3) is 0.909. The number of unbranched alkanes of at least 4 members (excludes halogenated alkanes) is 10. The normalized spacial score (nSPS) is 12.6. The van der Waals surface area contributed by atoms with Crippen LogP contribution in [0.25, 0.3) is 0 Å². The monoisotopic (exact) mass is 356 g/mol. The molecule has 0 saturated carbocycles. The maximum atomic E-state index is 5.96. The molecular formula is C22H44O3. The van der Waals surface area contributed by atoms with Crippen molar-refractivity contribution in [1.29, 1.82) is 0 Å². The van der Waals surface area contributed by atoms with Crippen molar-refractivity contribution in [3.05, 3.63) is 12.7 Å². The standard InChI is InChI=1S/C22H44O3/c1-5-7-8-9-10-12-15-18-21(6-2)25-20-17-14-11-13-16-19-22(23-3)24-4/h6,21-22H,2,5,7-20H2,1,3-4H3. The van der Waals surface area contributed by atoms with Crippen molar-refractivity contribution in [2.24, 2.45) is 0 Å². The molecule has 3 nitrogen and oxygen atoms in total. The average Bonchev–Trinajstić information content (AvgIpc) is 2.64. The first kappa shape index (κ1) is 24.6. The van der Waals surface area contributed by atoms with Gasteiger partial charge in [0, 0.05) is 20.8 Å². The van der Waals surface area contributed by atoms with Crippen molar-refractivity contribution >= 4 is 0 Å². The van der Waals surface area contributed by atoms with Crippen molar-refractivity contribution in [1.82, 2.24) is 0 Å². The molecule has 0 aliphatic rings. The molecule has 0 aromatic heterocycles. The summed E-state index contributed by atoms with van der Waals surface area (Å²) in [5, 5.41) is 0. The van der Waals surface area contributed by atoms with Crippen molar-refractivity contribution < 1.29 is 14.2 Å². The van der Waals surface area contributed by atoms with Gasteiger partial charge in [-0.05, 0) is 25.7 Å². The first-order valence-electron chi connectivity index (χ1n) is 10.6. The largest absolute Gasteiger partial charge is 0.374 e. The van der Waals surface area contributed by atoms with Gasteiger partial charge < -0.3 is 14.2 Å². The van der Waals surface area contributed by atoms with Crippen LogP contribution in [-0.4, -0.2) is 33.2 Å². The first-order valence-corrected chi connectivity index (χ1v) is 10.6. The highest BCUT2D eigenvalue weighted by Gasteiger charge is 2.05. The Balaban J connectivity index is 3.39. The van der Waals surface area contributed by atoms with Gasteiger partial charge in [-0.15, -0.1) is 6.58 Å². The van der Waals surface area contributed by atoms with Gasteiger partial charge in [-0.1, -0.05) is 77.2 Å². The molecule has 0 N–H and O–H groups in total. The summed E-state index contributed by atoms with van der Waals surface area (Å²) in [4.78, 5) is 0. The van der Waals surface area contributed by atoms with E-state index >= 15 is 0 Å². The van der Waals surface area contributed by atoms with E-state index in [1.165, 1.54) is 70.6 Å². The van der Waals surface area contributed by atoms with E-state index in [0.717, 1.165) is 25.9 Å². The van der Waals surface area contributed by atoms with Gasteiger partial charge in [0.15, 0.2) is 6.29 Å². The quantitative estimate of drug-likeness (QED) is 0.139. The summed E-state index contributed by atoms with van der Waals surface area (Å²) in [5.74, 6) is 0. The molecule has 0 rings (SSSR count). The molecule has 0 radical (unpaired) electrons. The van der Waals surface area contributed by atoms with Crippen LogP contribution < -0.4 is 0 Å². The molecular weight excluding hydrogens is 312 g/mol. The summed E-state index contributed by atoms with van der Waals surface area (Å²) in [7, 11) is 3.40. The molecule has 0 bridgehead atoms. The predicted octanol–water partition coefficient (Wildman–Crippen LogP) is 6.66. The number of methoxy groups -OCH3 is 2. The Morgan fingerprint density at radius 3 is 1.80 bits per heavy atom. The summed E-state index contributed by atoms with van der Waals surface area (Å²) in [5.41, 5.74) is 0. The van der Waals surface area contributed by atoms with Crippen molar-refractivity contribution in [3.63, 3.8) is 0 Å². The van der Waals surface area contributed by atoms with Crippen LogP contribution in [0.1, 0.15) is 96.8 Å². The number of ether oxygens (including phenoxy) is 3. The molecule has 0 spiro atoms. The lowest BCUT2D eigenvalue weighted by Crippen LogP contribution is -2.12. The zero-order valence-corrected chi connectivity index (χ0v) is 17.3. The number of rotatable bonds is 20. The second-order valence-electron chi connectivity index (χ2n) is 7.01. The SMILES string of the molecule is C=CC(CCCCCCCCC)OCCCCCCCC(OC)OC. The zero-order valence-electron chi connectivity index (χ0n) is 17.3. The summed E-state index contributed by atoms with van der Waals surface area (Å²) in [6, 6.07) is 0. The zero-order chi connectivity index (χ0) is 18.6. The Hall–Kier alpha value is -0.380. The fourth-order valence-corrected chi connectivity index (χ4v) is 3.08. The molecule has 0 amide bonds. The highest BCUT2D eigenvalue weighted by Crippen LogP contribution is 2.13. The molecule has 0 aliphatic heterocycles. The Bertz CT molecular complexity index is 264. The van der Waals surface area contributed by atoms with E-state index in [1.54, 1.807) is 14.2 Å². The van der Waals surface area contributed by atoms with E-state index in [-0.39, 0.29) is 12.4 Å². The third-order valence-corrected chi connectivity index (χ3v) is 4.80. The second-order valence-corrected chi connectivity index (χ2v) is 7.01. The molecule has 150 valence electrons. The summed E-state index contributed by atoms with van der Waals surface area (Å²) >= 11 is 0. The second kappa shape index (κ2) is 19.9. The van der Waals surface area contributed by atoms with Crippen molar-refractivity contribution in [3.8, 4) is 0 Å². The summed E-state index contributed by atoms with van der Waals surface area (Å²) < 4.78 is 16.4. The van der Waals surface area contributed by atoms with Gasteiger partial charge in [0.25, 0.3) is 0 Å². The van der Waals surface area contributed by atoms with E-state index in [1.807, 2.05) is 6.08 Å². The molecule has 1 atom stereocenters. The predicted molar refractivity (Wildman–Crippen MR) is 108 cm³/mol. The molecule has 0 aliphatic carbocycles. The number of hydrogen-bond donors (Lipinski definition) is 0. The van der Waals surface area contributed by atoms with Gasteiger partial charge in [0.2, 0.25) is 0 Å². The third kappa shape index (κ3) is 16.8. The van der Waals surface area contributed by atoms with Crippen LogP contribution >= 0.6 is 0 Å². The topological polar surface area (TPSA) is 27.7 Å². The molecule has 0 heterocycles. The molecule has 3 heteroatoms. The van der Waals surface area contributed by atoms with E-state index in [2.05, 4.69) is 13.5 Å². The molecule has 1 unspecified atom stereocenters. The van der Waals surface area contributed by atoms with Crippen LogP contribution in [-0.2, 0) is 14.2 Å². The molecule has 0 aromatic carbocycles. The van der Waals surface area contributed by atoms with Gasteiger partial charge in [-0.2, -0.15) is 0 Å². The van der Waals surface area contributed by atoms with Crippen LogP contribution in [0, 0.1) is 0 Å². The molecule has 0 saturated heterocycles. The van der Waals surface area contributed by atoms with Crippen LogP contribution in [0.15, 0.2) is 12.7 Å². The van der Waals surface area contributed by atoms with Crippen molar-refractivity contribution in [2.75, 3.05) is 20.8 Å². The lowest BCUT2D eigenvalue weighted by molar-refractivity contribution is -0.107. The third-order valence-electron chi connectivity index (χ3n) is 4.80. The highest BCUT2D eigenvalue weighted by atomic mass is 16.7. The van der Waals surface area contributed by atoms with Gasteiger partial charge in [0.05, 0.1) is 6.10 Å². The van der Waals surface area contributed by atoms with E-state index in [9.17, 15) is 0 Å². The van der Waals surface area contributed by atoms with E-state index < -0.39 is 0 Å². The van der Waals surface area contributed by atoms with E-state index in [0.29, 0.717) is 0 Å². The van der Waals surface area contributed by atoms with Crippen LogP contribution in [0.2, 0.25) is 0 Å². The van der Waals surface area contributed by atoms with Crippen molar-refractivity contribution in [2.45, 2.75) is 109 Å². The maximum Gasteiger partial charge on any atom is 0.156 e. The summed E-state index contributed by atoms with van der Waals surface area (Å²) in [6.07, 6.45) is 19.9. The lowest BCUT2D eigenvalue weighted by Gasteiger charge is -2.14. The highest BCUT2D eigenvalue weighted by molar-refractivity contribution is 4.79. The Morgan fingerprint density at radius 2 is 1.24 bits per heavy atom. The Labute approximate surface area is 157 Å². The minimum atomic E-state index is -0.0386. The summed E-state index contributed by atoms with van der Waals surface area (Å²) in [6.45, 7) is 7.06. The fourth-order valence-electron chi connectivity index (χ4n) is 3.08. The minimum Gasteiger partial charge on any atom is -0.374 e. The van der Waals surface area contributed by atoms with E-state index in [4.69, 9.17) is 14.2 Å². The molecule has 25 heavy (non-hydrogen) atoms. The number of hydrogen-bond acceptors (Lipinski definition) is 3. The average molecular weight is 357 g/mol. The van der Waals surface area contributed by atoms with Crippen LogP contribution in [0.5, 0.6) is 0 Å². The minimum absolute atomic E-state index is 0.0386. The Kier molecular flexibility index (Phi) is 19.6. The molecule has 0 aromatic rings. The first-order chi connectivity index (χ1) is 12.3. The van der Waals surface area contributed by atoms with Gasteiger partial charge >= 0.3 is 0 Å². The smallest absolute Gasteiger partial charge is 0.156 e. The maximum absolute atomic E-state index is 5.96. The Morgan fingerprint density at radius 1 is 0.720 bits per heavy atom. The lowest BCUT2D eigenvalue weighted by atomic mass is 10.1. The van der Waals surface area contributed by atoms with Gasteiger partial charge in [0.1, 0.15) is 0 Å². The van der Waals surface area contributed by atoms with Crippen LogP contribution in [0.3, 0.4) is 0 Å².